The molecule has 0 saturated heterocycles. The van der Waals surface area contributed by atoms with Crippen molar-refractivity contribution in [3.8, 4) is 0 Å². The maximum absolute atomic E-state index is 5.89. The first-order chi connectivity index (χ1) is 10.7. The molecule has 4 nitrogen and oxygen atoms in total. The largest absolute Gasteiger partial charge is 0.378 e. The third-order valence-electron chi connectivity index (χ3n) is 2.57. The Hall–Kier alpha value is -1.44. The van der Waals surface area contributed by atoms with Gasteiger partial charge < -0.3 is 11.5 Å². The van der Waals surface area contributed by atoms with Gasteiger partial charge in [-0.05, 0) is 24.3 Å². The zero-order chi connectivity index (χ0) is 15.6. The van der Waals surface area contributed by atoms with Gasteiger partial charge in [0.2, 0.25) is 0 Å². The first-order valence-corrected chi connectivity index (χ1v) is 8.75. The molecular formula is C16H19BrN4S2. The molecule has 0 amide bonds. The van der Waals surface area contributed by atoms with E-state index in [9.17, 15) is 0 Å². The molecule has 0 saturated carbocycles. The lowest BCUT2D eigenvalue weighted by Gasteiger charge is -2.02. The molecule has 0 aliphatic heterocycles. The van der Waals surface area contributed by atoms with Gasteiger partial charge in [-0.2, -0.15) is 0 Å². The van der Waals surface area contributed by atoms with E-state index in [2.05, 4.69) is 9.98 Å². The highest BCUT2D eigenvalue weighted by Gasteiger charge is 1.98. The van der Waals surface area contributed by atoms with Crippen molar-refractivity contribution in [3.05, 3.63) is 60.7 Å². The Morgan fingerprint density at radius 1 is 0.696 bits per heavy atom. The molecule has 0 bridgehead atoms. The van der Waals surface area contributed by atoms with Crippen molar-refractivity contribution in [2.75, 3.05) is 11.5 Å². The number of halogens is 1. The number of rotatable bonds is 5. The van der Waals surface area contributed by atoms with Crippen LogP contribution in [0.25, 0.3) is 0 Å². The second-order valence-corrected chi connectivity index (χ2v) is 6.50. The molecule has 4 N–H and O–H groups in total. The number of nitrogens with two attached hydrogens (primary N) is 2. The van der Waals surface area contributed by atoms with Gasteiger partial charge in [0.25, 0.3) is 0 Å². The van der Waals surface area contributed by atoms with Gasteiger partial charge >= 0.3 is 0 Å². The van der Waals surface area contributed by atoms with Gasteiger partial charge in [0.1, 0.15) is 0 Å². The predicted octanol–water partition coefficient (Wildman–Crippen LogP) is 4.32. The van der Waals surface area contributed by atoms with Gasteiger partial charge in [-0.1, -0.05) is 59.9 Å². The molecule has 7 heteroatoms. The van der Waals surface area contributed by atoms with E-state index in [-0.39, 0.29) is 17.0 Å². The minimum Gasteiger partial charge on any atom is -0.378 e. The minimum absolute atomic E-state index is 0. The van der Waals surface area contributed by atoms with Crippen LogP contribution in [0.3, 0.4) is 0 Å². The zero-order valence-corrected chi connectivity index (χ0v) is 15.8. The van der Waals surface area contributed by atoms with Crippen LogP contribution in [-0.2, 0) is 0 Å². The van der Waals surface area contributed by atoms with Crippen molar-refractivity contribution in [3.63, 3.8) is 0 Å². The Morgan fingerprint density at radius 2 is 1.04 bits per heavy atom. The predicted molar refractivity (Wildman–Crippen MR) is 111 cm³/mol. The number of thioether (sulfide) groups is 2. The summed E-state index contributed by atoms with van der Waals surface area (Å²) in [4.78, 5) is 8.66. The molecule has 122 valence electrons. The summed E-state index contributed by atoms with van der Waals surface area (Å²) in [6.45, 7) is 0. The highest BCUT2D eigenvalue weighted by Crippen LogP contribution is 2.15. The summed E-state index contributed by atoms with van der Waals surface area (Å²) >= 11 is 3.03. The van der Waals surface area contributed by atoms with Crippen LogP contribution in [0.5, 0.6) is 0 Å². The standard InChI is InChI=1S/C16H18N4S2.BrH/c17-15(19-13-7-3-1-4-8-13)21-11-12-22-16(18)20-14-9-5-2-6-10-14;/h1-10H,11-12H2,(H2,17,19)(H2,18,20);1H. The quantitative estimate of drug-likeness (QED) is 0.436. The average Bonchev–Trinajstić information content (AvgIpc) is 2.53. The zero-order valence-electron chi connectivity index (χ0n) is 12.5. The van der Waals surface area contributed by atoms with Gasteiger partial charge in [0.15, 0.2) is 10.3 Å². The van der Waals surface area contributed by atoms with E-state index in [4.69, 9.17) is 11.5 Å². The molecule has 0 atom stereocenters. The van der Waals surface area contributed by atoms with E-state index in [1.54, 1.807) is 0 Å². The topological polar surface area (TPSA) is 76.8 Å². The summed E-state index contributed by atoms with van der Waals surface area (Å²) in [6, 6.07) is 19.3. The fourth-order valence-electron chi connectivity index (χ4n) is 1.62. The van der Waals surface area contributed by atoms with E-state index >= 15 is 0 Å². The van der Waals surface area contributed by atoms with Crippen molar-refractivity contribution in [1.82, 2.24) is 0 Å². The van der Waals surface area contributed by atoms with Crippen LogP contribution in [0, 0.1) is 0 Å². The van der Waals surface area contributed by atoms with Gasteiger partial charge in [0, 0.05) is 11.5 Å². The summed E-state index contributed by atoms with van der Waals surface area (Å²) in [6.07, 6.45) is 0. The molecule has 0 fully saturated rings. The maximum atomic E-state index is 5.89. The van der Waals surface area contributed by atoms with Crippen molar-refractivity contribution in [2.24, 2.45) is 21.5 Å². The lowest BCUT2D eigenvalue weighted by atomic mass is 10.3. The third-order valence-corrected chi connectivity index (χ3v) is 4.42. The number of para-hydroxylation sites is 2. The van der Waals surface area contributed by atoms with E-state index in [1.165, 1.54) is 23.5 Å². The summed E-state index contributed by atoms with van der Waals surface area (Å²) in [5.41, 5.74) is 13.5. The number of amidine groups is 2. The van der Waals surface area contributed by atoms with E-state index < -0.39 is 0 Å². The van der Waals surface area contributed by atoms with Crippen molar-refractivity contribution in [1.29, 1.82) is 0 Å². The Kier molecular flexibility index (Phi) is 9.51. The lowest BCUT2D eigenvalue weighted by molar-refractivity contribution is 1.49. The maximum Gasteiger partial charge on any atom is 0.159 e. The number of aliphatic imine (C=N–C) groups is 2. The molecule has 0 radical (unpaired) electrons. The van der Waals surface area contributed by atoms with Crippen LogP contribution in [0.1, 0.15) is 0 Å². The van der Waals surface area contributed by atoms with Crippen LogP contribution in [0.15, 0.2) is 70.6 Å². The lowest BCUT2D eigenvalue weighted by Crippen LogP contribution is -2.10. The number of benzene rings is 2. The van der Waals surface area contributed by atoms with E-state index in [0.29, 0.717) is 10.3 Å². The van der Waals surface area contributed by atoms with E-state index in [0.717, 1.165) is 22.9 Å². The molecule has 0 spiro atoms. The third kappa shape index (κ3) is 8.11. The van der Waals surface area contributed by atoms with Crippen molar-refractivity contribution < 1.29 is 0 Å². The summed E-state index contributed by atoms with van der Waals surface area (Å²) < 4.78 is 0. The van der Waals surface area contributed by atoms with Crippen molar-refractivity contribution in [2.45, 2.75) is 0 Å². The fraction of sp³-hybridized carbons (Fsp3) is 0.125. The summed E-state index contributed by atoms with van der Waals surface area (Å²) in [5, 5.41) is 1.12. The Bertz CT molecular complexity index is 576. The second-order valence-electron chi connectivity index (χ2n) is 4.27. The Balaban J connectivity index is 0.00000264. The highest BCUT2D eigenvalue weighted by atomic mass is 79.9. The first-order valence-electron chi connectivity index (χ1n) is 6.78. The van der Waals surface area contributed by atoms with Crippen LogP contribution in [0.2, 0.25) is 0 Å². The average molecular weight is 411 g/mol. The van der Waals surface area contributed by atoms with Crippen molar-refractivity contribution >= 4 is 62.2 Å². The van der Waals surface area contributed by atoms with Crippen LogP contribution < -0.4 is 11.5 Å². The van der Waals surface area contributed by atoms with Crippen LogP contribution in [0.4, 0.5) is 11.4 Å². The highest BCUT2D eigenvalue weighted by molar-refractivity contribution is 8.93. The summed E-state index contributed by atoms with van der Waals surface area (Å²) in [5.74, 6) is 1.66. The first kappa shape index (κ1) is 19.6. The molecule has 2 rings (SSSR count). The SMILES string of the molecule is Br.NC(=Nc1ccccc1)SCCSC(N)=Nc1ccccc1. The van der Waals surface area contributed by atoms with Crippen LogP contribution >= 0.6 is 40.5 Å². The Morgan fingerprint density at radius 3 is 1.39 bits per heavy atom. The molecule has 0 aliphatic rings. The minimum atomic E-state index is 0. The molecule has 0 aromatic heterocycles. The fourth-order valence-corrected chi connectivity index (χ4v) is 3.04. The molecule has 0 unspecified atom stereocenters. The molecular weight excluding hydrogens is 392 g/mol. The number of hydrogen-bond acceptors (Lipinski definition) is 4. The second kappa shape index (κ2) is 11.2. The molecule has 23 heavy (non-hydrogen) atoms. The number of hydrogen-bond donors (Lipinski definition) is 2. The van der Waals surface area contributed by atoms with E-state index in [1.807, 2.05) is 60.7 Å². The monoisotopic (exact) mass is 410 g/mol. The van der Waals surface area contributed by atoms with Crippen LogP contribution in [-0.4, -0.2) is 21.8 Å². The van der Waals surface area contributed by atoms with Gasteiger partial charge in [-0.15, -0.1) is 17.0 Å². The van der Waals surface area contributed by atoms with Gasteiger partial charge in [-0.3, -0.25) is 0 Å². The molecule has 0 aliphatic carbocycles. The Labute approximate surface area is 155 Å². The number of nitrogens with zero attached hydrogens (tertiary/aromatic N) is 2. The smallest absolute Gasteiger partial charge is 0.159 e. The molecule has 0 heterocycles. The molecule has 2 aromatic rings. The van der Waals surface area contributed by atoms with Gasteiger partial charge in [0.05, 0.1) is 11.4 Å². The molecule has 2 aromatic carbocycles. The normalized spacial score (nSPS) is 11.8. The summed E-state index contributed by atoms with van der Waals surface area (Å²) in [7, 11) is 0. The van der Waals surface area contributed by atoms with Gasteiger partial charge in [-0.25, -0.2) is 9.98 Å².